The minimum absolute atomic E-state index is 0.136. The molecule has 27 heavy (non-hydrogen) atoms. The Balaban J connectivity index is 1.19. The maximum Gasteiger partial charge on any atom is 0.318 e. The number of piperazine rings is 1. The summed E-state index contributed by atoms with van der Waals surface area (Å²) in [5.74, 6) is -2.57. The lowest BCUT2D eigenvalue weighted by molar-refractivity contribution is -0.0398. The van der Waals surface area contributed by atoms with Gasteiger partial charge in [0.25, 0.3) is 0 Å². The van der Waals surface area contributed by atoms with Gasteiger partial charge in [-0.25, -0.2) is 18.6 Å². The summed E-state index contributed by atoms with van der Waals surface area (Å²) in [5, 5.41) is 7.53. The average Bonchev–Trinajstić information content (AvgIpc) is 3.26. The summed E-state index contributed by atoms with van der Waals surface area (Å²) in [7, 11) is 0. The predicted molar refractivity (Wildman–Crippen MR) is 99.3 cm³/mol. The third-order valence-corrected chi connectivity index (χ3v) is 7.47. The largest absolute Gasteiger partial charge is 0.340 e. The van der Waals surface area contributed by atoms with Crippen molar-refractivity contribution in [2.24, 2.45) is 0 Å². The van der Waals surface area contributed by atoms with Crippen LogP contribution in [0.2, 0.25) is 0 Å². The molecule has 2 amide bonds. The zero-order valence-electron chi connectivity index (χ0n) is 15.2. The van der Waals surface area contributed by atoms with Crippen LogP contribution in [0.1, 0.15) is 49.1 Å². The minimum Gasteiger partial charge on any atom is -0.340 e. The standard InChI is InChI=1S/C18H25F2N5OS/c19-18(20)5-3-11(4-6-18)22-16(26)24-9-14-15(10-24)27-17(23-14)25-12-1-2-13(25)8-21-7-12/h11-13,21H,1-10H2,(H,22,26). The van der Waals surface area contributed by atoms with Gasteiger partial charge < -0.3 is 20.4 Å². The monoisotopic (exact) mass is 397 g/mol. The highest BCUT2D eigenvalue weighted by Crippen LogP contribution is 2.39. The highest BCUT2D eigenvalue weighted by atomic mass is 32.1. The van der Waals surface area contributed by atoms with Gasteiger partial charge in [-0.1, -0.05) is 11.3 Å². The second-order valence-electron chi connectivity index (χ2n) is 8.25. The first-order valence-electron chi connectivity index (χ1n) is 9.89. The van der Waals surface area contributed by atoms with Crippen molar-refractivity contribution < 1.29 is 13.6 Å². The molecule has 1 aromatic heterocycles. The number of halogens is 2. The van der Waals surface area contributed by atoms with Gasteiger partial charge in [0, 0.05) is 44.1 Å². The molecule has 1 aliphatic carbocycles. The molecule has 0 spiro atoms. The number of carbonyl (C=O) groups is 1. The number of hydrogen-bond acceptors (Lipinski definition) is 5. The average molecular weight is 397 g/mol. The number of anilines is 1. The Hall–Kier alpha value is -1.48. The number of nitrogens with one attached hydrogen (secondary N) is 2. The topological polar surface area (TPSA) is 60.5 Å². The maximum atomic E-state index is 13.3. The third-order valence-electron chi connectivity index (χ3n) is 6.37. The molecule has 2 unspecified atom stereocenters. The van der Waals surface area contributed by atoms with Crippen LogP contribution in [0.4, 0.5) is 18.7 Å². The van der Waals surface area contributed by atoms with Crippen molar-refractivity contribution in [1.29, 1.82) is 0 Å². The molecule has 2 atom stereocenters. The van der Waals surface area contributed by atoms with Crippen LogP contribution in [0.25, 0.3) is 0 Å². The second-order valence-corrected chi connectivity index (χ2v) is 9.31. The summed E-state index contributed by atoms with van der Waals surface area (Å²) < 4.78 is 26.5. The van der Waals surface area contributed by atoms with Crippen LogP contribution in [0.15, 0.2) is 0 Å². The summed E-state index contributed by atoms with van der Waals surface area (Å²) >= 11 is 1.71. The molecular weight excluding hydrogens is 372 g/mol. The molecule has 3 aliphatic heterocycles. The lowest BCUT2D eigenvalue weighted by Crippen LogP contribution is -2.52. The van der Waals surface area contributed by atoms with Crippen LogP contribution in [0, 0.1) is 0 Å². The van der Waals surface area contributed by atoms with Crippen molar-refractivity contribution in [1.82, 2.24) is 20.5 Å². The Morgan fingerprint density at radius 2 is 1.85 bits per heavy atom. The normalized spacial score (nSPS) is 29.9. The molecule has 2 N–H and O–H groups in total. The van der Waals surface area contributed by atoms with Gasteiger partial charge in [0.2, 0.25) is 5.92 Å². The van der Waals surface area contributed by atoms with Crippen LogP contribution < -0.4 is 15.5 Å². The van der Waals surface area contributed by atoms with Crippen LogP contribution in [-0.4, -0.2) is 53.1 Å². The molecule has 9 heteroatoms. The molecule has 0 aromatic carbocycles. The molecule has 3 fully saturated rings. The van der Waals surface area contributed by atoms with Gasteiger partial charge in [-0.05, 0) is 25.7 Å². The summed E-state index contributed by atoms with van der Waals surface area (Å²) in [6.07, 6.45) is 2.87. The van der Waals surface area contributed by atoms with Crippen molar-refractivity contribution in [2.75, 3.05) is 18.0 Å². The van der Waals surface area contributed by atoms with E-state index >= 15 is 0 Å². The number of nitrogens with zero attached hydrogens (tertiary/aromatic N) is 3. The summed E-state index contributed by atoms with van der Waals surface area (Å²) in [5.41, 5.74) is 0.998. The van der Waals surface area contributed by atoms with Crippen molar-refractivity contribution in [3.63, 3.8) is 0 Å². The number of hydrogen-bond donors (Lipinski definition) is 2. The van der Waals surface area contributed by atoms with Crippen molar-refractivity contribution in [2.45, 2.75) is 75.7 Å². The Labute approximate surface area is 161 Å². The van der Waals surface area contributed by atoms with E-state index in [-0.39, 0.29) is 24.9 Å². The molecule has 148 valence electrons. The van der Waals surface area contributed by atoms with Gasteiger partial charge in [-0.15, -0.1) is 0 Å². The molecule has 4 aliphatic rings. The fraction of sp³-hybridized carbons (Fsp3) is 0.778. The van der Waals surface area contributed by atoms with Crippen molar-refractivity contribution in [3.05, 3.63) is 10.6 Å². The Bertz CT molecular complexity index is 692. The molecule has 2 bridgehead atoms. The summed E-state index contributed by atoms with van der Waals surface area (Å²) in [6.45, 7) is 3.14. The first kappa shape index (κ1) is 17.6. The van der Waals surface area contributed by atoms with E-state index in [2.05, 4.69) is 15.5 Å². The fourth-order valence-corrected chi connectivity index (χ4v) is 6.05. The second kappa shape index (κ2) is 6.55. The third kappa shape index (κ3) is 3.29. The van der Waals surface area contributed by atoms with Crippen LogP contribution in [-0.2, 0) is 13.1 Å². The Morgan fingerprint density at radius 1 is 1.15 bits per heavy atom. The summed E-state index contributed by atoms with van der Waals surface area (Å²) in [4.78, 5) is 22.8. The fourth-order valence-electron chi connectivity index (χ4n) is 4.82. The van der Waals surface area contributed by atoms with E-state index in [1.165, 1.54) is 12.8 Å². The SMILES string of the molecule is O=C(NC1CCC(F)(F)CC1)N1Cc2nc(N3C4CCC3CNC4)sc2C1. The zero-order valence-corrected chi connectivity index (χ0v) is 16.0. The maximum absolute atomic E-state index is 13.3. The van der Waals surface area contributed by atoms with E-state index < -0.39 is 5.92 Å². The Kier molecular flexibility index (Phi) is 4.27. The van der Waals surface area contributed by atoms with Gasteiger partial charge in [0.15, 0.2) is 5.13 Å². The molecule has 1 aromatic rings. The van der Waals surface area contributed by atoms with Crippen molar-refractivity contribution in [3.8, 4) is 0 Å². The van der Waals surface area contributed by atoms with E-state index in [4.69, 9.17) is 4.98 Å². The van der Waals surface area contributed by atoms with Gasteiger partial charge in [-0.2, -0.15) is 0 Å². The number of urea groups is 1. The van der Waals surface area contributed by atoms with Crippen LogP contribution in [0.3, 0.4) is 0 Å². The highest BCUT2D eigenvalue weighted by Gasteiger charge is 2.40. The van der Waals surface area contributed by atoms with Gasteiger partial charge >= 0.3 is 6.03 Å². The lowest BCUT2D eigenvalue weighted by atomic mass is 9.92. The Morgan fingerprint density at radius 3 is 2.52 bits per heavy atom. The first-order valence-corrected chi connectivity index (χ1v) is 10.7. The highest BCUT2D eigenvalue weighted by molar-refractivity contribution is 7.15. The van der Waals surface area contributed by atoms with Gasteiger partial charge in [0.1, 0.15) is 0 Å². The number of carbonyl (C=O) groups excluding carboxylic acids is 1. The summed E-state index contributed by atoms with van der Waals surface area (Å²) in [6, 6.07) is 0.785. The number of aromatic nitrogens is 1. The van der Waals surface area contributed by atoms with Crippen molar-refractivity contribution >= 4 is 22.5 Å². The molecule has 0 radical (unpaired) electrons. The number of amides is 2. The van der Waals surface area contributed by atoms with Crippen LogP contribution >= 0.6 is 11.3 Å². The van der Waals surface area contributed by atoms with E-state index in [0.29, 0.717) is 38.0 Å². The molecule has 5 rings (SSSR count). The molecule has 4 heterocycles. The molecular formula is C18H25F2N5OS. The predicted octanol–water partition coefficient (Wildman–Crippen LogP) is 2.69. The van der Waals surface area contributed by atoms with E-state index in [0.717, 1.165) is 28.8 Å². The van der Waals surface area contributed by atoms with Crippen LogP contribution in [0.5, 0.6) is 0 Å². The number of alkyl halides is 2. The number of fused-ring (bicyclic) bond motifs is 3. The molecule has 2 saturated heterocycles. The van der Waals surface area contributed by atoms with E-state index in [9.17, 15) is 13.6 Å². The lowest BCUT2D eigenvalue weighted by Gasteiger charge is -2.35. The molecule has 1 saturated carbocycles. The zero-order chi connectivity index (χ0) is 18.6. The smallest absolute Gasteiger partial charge is 0.318 e. The number of rotatable bonds is 2. The molecule has 6 nitrogen and oxygen atoms in total. The van der Waals surface area contributed by atoms with E-state index in [1.54, 1.807) is 16.2 Å². The minimum atomic E-state index is -2.57. The number of thiazole rings is 1. The van der Waals surface area contributed by atoms with Gasteiger partial charge in [0.05, 0.1) is 23.7 Å². The van der Waals surface area contributed by atoms with Gasteiger partial charge in [-0.3, -0.25) is 0 Å². The first-order chi connectivity index (χ1) is 13.0. The van der Waals surface area contributed by atoms with E-state index in [1.807, 2.05) is 0 Å². The quantitative estimate of drug-likeness (QED) is 0.806.